The highest BCUT2D eigenvalue weighted by molar-refractivity contribution is 5.91. The highest BCUT2D eigenvalue weighted by Crippen LogP contribution is 2.11. The number of aromatic nitrogens is 2. The molecule has 1 aromatic heterocycles. The second kappa shape index (κ2) is 7.01. The standard InChI is InChI=1S/C12H20N4O3/c1-12(18,6-7-19-3)8-14-10-5-4-9(15-16-10)11(17)13-2/h4-5,18H,6-8H2,1-3H3,(H,13,17)(H,14,16). The Labute approximate surface area is 112 Å². The lowest BCUT2D eigenvalue weighted by Crippen LogP contribution is -2.35. The highest BCUT2D eigenvalue weighted by atomic mass is 16.5. The molecular formula is C12H20N4O3. The number of amides is 1. The summed E-state index contributed by atoms with van der Waals surface area (Å²) in [4.78, 5) is 11.3. The van der Waals surface area contributed by atoms with E-state index in [9.17, 15) is 9.90 Å². The summed E-state index contributed by atoms with van der Waals surface area (Å²) in [5, 5.41) is 23.1. The third-order valence-corrected chi connectivity index (χ3v) is 2.62. The van der Waals surface area contributed by atoms with Crippen LogP contribution in [0.3, 0.4) is 0 Å². The highest BCUT2D eigenvalue weighted by Gasteiger charge is 2.19. The molecule has 0 saturated carbocycles. The Hall–Kier alpha value is -1.73. The molecule has 7 heteroatoms. The van der Waals surface area contributed by atoms with Crippen LogP contribution in [0.2, 0.25) is 0 Å². The predicted molar refractivity (Wildman–Crippen MR) is 71.0 cm³/mol. The van der Waals surface area contributed by atoms with E-state index in [1.54, 1.807) is 26.2 Å². The van der Waals surface area contributed by atoms with E-state index in [1.165, 1.54) is 7.05 Å². The van der Waals surface area contributed by atoms with E-state index in [0.717, 1.165) is 0 Å². The number of anilines is 1. The fraction of sp³-hybridized carbons (Fsp3) is 0.583. The van der Waals surface area contributed by atoms with Gasteiger partial charge in [-0.05, 0) is 19.1 Å². The number of hydrogen-bond acceptors (Lipinski definition) is 6. The van der Waals surface area contributed by atoms with Crippen LogP contribution in [-0.2, 0) is 4.74 Å². The van der Waals surface area contributed by atoms with Gasteiger partial charge in [0, 0.05) is 33.7 Å². The molecule has 0 bridgehead atoms. The molecule has 0 fully saturated rings. The van der Waals surface area contributed by atoms with E-state index in [-0.39, 0.29) is 11.6 Å². The van der Waals surface area contributed by atoms with Gasteiger partial charge in [-0.3, -0.25) is 4.79 Å². The van der Waals surface area contributed by atoms with E-state index < -0.39 is 5.60 Å². The van der Waals surface area contributed by atoms with Gasteiger partial charge < -0.3 is 20.5 Å². The molecule has 0 aromatic carbocycles. The molecule has 1 aromatic rings. The normalized spacial score (nSPS) is 13.7. The first kappa shape index (κ1) is 15.3. The molecule has 0 saturated heterocycles. The molecular weight excluding hydrogens is 248 g/mol. The Balaban J connectivity index is 2.52. The maximum atomic E-state index is 11.3. The largest absolute Gasteiger partial charge is 0.388 e. The van der Waals surface area contributed by atoms with Gasteiger partial charge in [-0.25, -0.2) is 0 Å². The van der Waals surface area contributed by atoms with Crippen molar-refractivity contribution in [1.29, 1.82) is 0 Å². The first-order valence-electron chi connectivity index (χ1n) is 5.99. The van der Waals surface area contributed by atoms with Crippen molar-refractivity contribution >= 4 is 11.7 Å². The molecule has 0 aliphatic carbocycles. The first-order chi connectivity index (χ1) is 8.98. The quantitative estimate of drug-likeness (QED) is 0.646. The summed E-state index contributed by atoms with van der Waals surface area (Å²) in [7, 11) is 3.12. The minimum atomic E-state index is -0.892. The number of aliphatic hydroxyl groups is 1. The van der Waals surface area contributed by atoms with Crippen LogP contribution in [0.1, 0.15) is 23.8 Å². The van der Waals surface area contributed by atoms with Gasteiger partial charge in [-0.1, -0.05) is 0 Å². The molecule has 7 nitrogen and oxygen atoms in total. The van der Waals surface area contributed by atoms with E-state index in [0.29, 0.717) is 25.4 Å². The van der Waals surface area contributed by atoms with Gasteiger partial charge in [-0.15, -0.1) is 10.2 Å². The maximum Gasteiger partial charge on any atom is 0.271 e. The van der Waals surface area contributed by atoms with E-state index in [4.69, 9.17) is 4.74 Å². The van der Waals surface area contributed by atoms with Gasteiger partial charge in [-0.2, -0.15) is 0 Å². The number of carbonyl (C=O) groups is 1. The summed E-state index contributed by atoms with van der Waals surface area (Å²) in [5.74, 6) is 0.219. The van der Waals surface area contributed by atoms with Crippen LogP contribution in [0.4, 0.5) is 5.82 Å². The van der Waals surface area contributed by atoms with Gasteiger partial charge in [0.05, 0.1) is 5.60 Å². The molecule has 3 N–H and O–H groups in total. The summed E-state index contributed by atoms with van der Waals surface area (Å²) >= 11 is 0. The third kappa shape index (κ3) is 5.19. The second-order valence-corrected chi connectivity index (χ2v) is 4.48. The fourth-order valence-corrected chi connectivity index (χ4v) is 1.37. The fourth-order valence-electron chi connectivity index (χ4n) is 1.37. The molecule has 106 valence electrons. The Morgan fingerprint density at radius 1 is 1.47 bits per heavy atom. The number of hydrogen-bond donors (Lipinski definition) is 3. The first-order valence-corrected chi connectivity index (χ1v) is 5.99. The zero-order valence-corrected chi connectivity index (χ0v) is 11.4. The zero-order chi connectivity index (χ0) is 14.3. The van der Waals surface area contributed by atoms with Crippen LogP contribution in [0.25, 0.3) is 0 Å². The Bertz CT molecular complexity index is 406. The van der Waals surface area contributed by atoms with Crippen molar-refractivity contribution in [3.63, 3.8) is 0 Å². The van der Waals surface area contributed by atoms with Crippen LogP contribution in [-0.4, -0.2) is 54.1 Å². The molecule has 1 unspecified atom stereocenters. The van der Waals surface area contributed by atoms with Crippen LogP contribution in [0.5, 0.6) is 0 Å². The van der Waals surface area contributed by atoms with Crippen molar-refractivity contribution in [3.05, 3.63) is 17.8 Å². The Morgan fingerprint density at radius 2 is 2.21 bits per heavy atom. The zero-order valence-electron chi connectivity index (χ0n) is 11.4. The van der Waals surface area contributed by atoms with Crippen molar-refractivity contribution in [3.8, 4) is 0 Å². The van der Waals surface area contributed by atoms with E-state index in [1.807, 2.05) is 0 Å². The average molecular weight is 268 g/mol. The summed E-state index contributed by atoms with van der Waals surface area (Å²) in [6.45, 7) is 2.52. The lowest BCUT2D eigenvalue weighted by Gasteiger charge is -2.23. The van der Waals surface area contributed by atoms with Crippen LogP contribution in [0, 0.1) is 0 Å². The predicted octanol–water partition coefficient (Wildman–Crippen LogP) is 0.0356. The van der Waals surface area contributed by atoms with Crippen molar-refractivity contribution < 1.29 is 14.6 Å². The molecule has 1 heterocycles. The van der Waals surface area contributed by atoms with Gasteiger partial charge in [0.1, 0.15) is 5.82 Å². The number of rotatable bonds is 7. The van der Waals surface area contributed by atoms with Gasteiger partial charge in [0.15, 0.2) is 5.69 Å². The molecule has 1 rings (SSSR count). The smallest absolute Gasteiger partial charge is 0.271 e. The number of nitrogens with one attached hydrogen (secondary N) is 2. The minimum absolute atomic E-state index is 0.249. The lowest BCUT2D eigenvalue weighted by atomic mass is 10.0. The lowest BCUT2D eigenvalue weighted by molar-refractivity contribution is 0.0356. The molecule has 1 atom stereocenters. The Kier molecular flexibility index (Phi) is 5.65. The van der Waals surface area contributed by atoms with Crippen molar-refractivity contribution in [2.24, 2.45) is 0 Å². The molecule has 1 amide bonds. The number of methoxy groups -OCH3 is 1. The van der Waals surface area contributed by atoms with Crippen molar-refractivity contribution in [2.75, 3.05) is 32.6 Å². The monoisotopic (exact) mass is 268 g/mol. The van der Waals surface area contributed by atoms with Gasteiger partial charge in [0.25, 0.3) is 5.91 Å². The summed E-state index contributed by atoms with van der Waals surface area (Å²) in [5.41, 5.74) is -0.642. The molecule has 0 spiro atoms. The minimum Gasteiger partial charge on any atom is -0.388 e. The van der Waals surface area contributed by atoms with Gasteiger partial charge in [0.2, 0.25) is 0 Å². The Morgan fingerprint density at radius 3 is 2.74 bits per heavy atom. The van der Waals surface area contributed by atoms with E-state index >= 15 is 0 Å². The molecule has 0 radical (unpaired) electrons. The molecule has 0 aliphatic rings. The average Bonchev–Trinajstić information content (AvgIpc) is 2.43. The number of nitrogens with zero attached hydrogens (tertiary/aromatic N) is 2. The second-order valence-electron chi connectivity index (χ2n) is 4.48. The van der Waals surface area contributed by atoms with Crippen LogP contribution >= 0.6 is 0 Å². The van der Waals surface area contributed by atoms with E-state index in [2.05, 4.69) is 20.8 Å². The van der Waals surface area contributed by atoms with Crippen LogP contribution < -0.4 is 10.6 Å². The number of ether oxygens (including phenoxy) is 1. The summed E-state index contributed by atoms with van der Waals surface area (Å²) < 4.78 is 4.92. The SMILES string of the molecule is CNC(=O)c1ccc(NCC(C)(O)CCOC)nn1. The third-order valence-electron chi connectivity index (χ3n) is 2.62. The summed E-state index contributed by atoms with van der Waals surface area (Å²) in [6.07, 6.45) is 0.514. The van der Waals surface area contributed by atoms with Crippen LogP contribution in [0.15, 0.2) is 12.1 Å². The van der Waals surface area contributed by atoms with Gasteiger partial charge >= 0.3 is 0 Å². The van der Waals surface area contributed by atoms with Crippen molar-refractivity contribution in [1.82, 2.24) is 15.5 Å². The maximum absolute atomic E-state index is 11.3. The molecule has 19 heavy (non-hydrogen) atoms. The topological polar surface area (TPSA) is 96.4 Å². The summed E-state index contributed by atoms with van der Waals surface area (Å²) in [6, 6.07) is 3.21. The molecule has 0 aliphatic heterocycles. The number of carbonyl (C=O) groups excluding carboxylic acids is 1. The van der Waals surface area contributed by atoms with Crippen molar-refractivity contribution in [2.45, 2.75) is 18.9 Å².